The van der Waals surface area contributed by atoms with Crippen molar-refractivity contribution in [2.45, 2.75) is 18.9 Å². The van der Waals surface area contributed by atoms with Gasteiger partial charge in [-0.3, -0.25) is 4.79 Å². The second-order valence-electron chi connectivity index (χ2n) is 6.09. The van der Waals surface area contributed by atoms with Crippen LogP contribution in [-0.4, -0.2) is 23.6 Å². The molecule has 2 aromatic carbocycles. The van der Waals surface area contributed by atoms with Gasteiger partial charge in [0, 0.05) is 29.5 Å². The van der Waals surface area contributed by atoms with Gasteiger partial charge in [0.1, 0.15) is 5.75 Å². The summed E-state index contributed by atoms with van der Waals surface area (Å²) in [7, 11) is 0. The highest BCUT2D eigenvalue weighted by atomic mass is 16.3. The van der Waals surface area contributed by atoms with E-state index in [4.69, 9.17) is 0 Å². The van der Waals surface area contributed by atoms with Gasteiger partial charge >= 0.3 is 0 Å². The minimum atomic E-state index is -0.136. The van der Waals surface area contributed by atoms with Crippen LogP contribution in [0.5, 0.6) is 5.75 Å². The van der Waals surface area contributed by atoms with Gasteiger partial charge in [0.2, 0.25) is 0 Å². The predicted octanol–water partition coefficient (Wildman–Crippen LogP) is 3.24. The van der Waals surface area contributed by atoms with E-state index in [0.29, 0.717) is 11.3 Å². The van der Waals surface area contributed by atoms with E-state index >= 15 is 0 Å². The first-order valence-corrected chi connectivity index (χ1v) is 7.68. The summed E-state index contributed by atoms with van der Waals surface area (Å²) < 4.78 is 0. The molecule has 2 aromatic rings. The molecule has 2 fully saturated rings. The molecule has 1 saturated carbocycles. The fourth-order valence-electron chi connectivity index (χ4n) is 3.27. The molecule has 2 atom stereocenters. The summed E-state index contributed by atoms with van der Waals surface area (Å²) in [6.45, 7) is 1.13. The number of hydrogen-bond acceptors (Lipinski definition) is 3. The van der Waals surface area contributed by atoms with Gasteiger partial charge in [0.15, 0.2) is 0 Å². The summed E-state index contributed by atoms with van der Waals surface area (Å²) in [5.74, 6) is 0.951. The van der Waals surface area contributed by atoms with Gasteiger partial charge < -0.3 is 15.3 Å². The van der Waals surface area contributed by atoms with Crippen molar-refractivity contribution in [2.24, 2.45) is 5.92 Å². The number of carbonyl (C=O) groups is 1. The van der Waals surface area contributed by atoms with Crippen LogP contribution >= 0.6 is 0 Å². The Morgan fingerprint density at radius 2 is 1.82 bits per heavy atom. The predicted molar refractivity (Wildman–Crippen MR) is 86.4 cm³/mol. The number of aromatic hydroxyl groups is 1. The second kappa shape index (κ2) is 5.05. The number of nitrogens with zero attached hydrogens (tertiary/aromatic N) is 1. The first-order valence-electron chi connectivity index (χ1n) is 7.68. The lowest BCUT2D eigenvalue weighted by atomic mass is 10.1. The van der Waals surface area contributed by atoms with Gasteiger partial charge in [0.25, 0.3) is 5.91 Å². The third-order valence-corrected chi connectivity index (χ3v) is 4.61. The highest BCUT2D eigenvalue weighted by Crippen LogP contribution is 2.46. The molecule has 0 aromatic heterocycles. The molecule has 0 bridgehead atoms. The quantitative estimate of drug-likeness (QED) is 0.854. The minimum Gasteiger partial charge on any atom is -0.508 e. The van der Waals surface area contributed by atoms with Crippen LogP contribution in [0.4, 0.5) is 11.4 Å². The fraction of sp³-hybridized carbons (Fsp3) is 0.278. The zero-order chi connectivity index (χ0) is 15.1. The first kappa shape index (κ1) is 13.2. The van der Waals surface area contributed by atoms with Crippen LogP contribution < -0.4 is 10.2 Å². The van der Waals surface area contributed by atoms with Gasteiger partial charge in [-0.1, -0.05) is 0 Å². The van der Waals surface area contributed by atoms with E-state index < -0.39 is 0 Å². The van der Waals surface area contributed by atoms with Crippen molar-refractivity contribution in [2.75, 3.05) is 16.8 Å². The molecule has 1 amide bonds. The zero-order valence-corrected chi connectivity index (χ0v) is 12.2. The number of phenols is 1. The summed E-state index contributed by atoms with van der Waals surface area (Å²) in [6, 6.07) is 15.0. The van der Waals surface area contributed by atoms with E-state index in [1.54, 1.807) is 24.3 Å². The number of nitrogens with one attached hydrogen (secondary N) is 1. The Morgan fingerprint density at radius 3 is 2.41 bits per heavy atom. The maximum Gasteiger partial charge on any atom is 0.255 e. The maximum absolute atomic E-state index is 12.2. The van der Waals surface area contributed by atoms with Gasteiger partial charge in [-0.05, 0) is 67.3 Å². The van der Waals surface area contributed by atoms with Crippen LogP contribution in [0.3, 0.4) is 0 Å². The SMILES string of the molecule is O=C(Nc1ccc(O)cc1)c1ccc(N2CCC3CC32)cc1. The highest BCUT2D eigenvalue weighted by molar-refractivity contribution is 6.04. The van der Waals surface area contributed by atoms with Crippen LogP contribution in [0.2, 0.25) is 0 Å². The standard InChI is InChI=1S/C18H18N2O2/c21-16-7-3-14(4-8-16)19-18(22)12-1-5-15(6-2-12)20-10-9-13-11-17(13)20/h1-8,13,17,21H,9-11H2,(H,19,22). The first-order chi connectivity index (χ1) is 10.7. The number of hydrogen-bond donors (Lipinski definition) is 2. The van der Waals surface area contributed by atoms with E-state index in [-0.39, 0.29) is 11.7 Å². The Labute approximate surface area is 129 Å². The molecule has 2 unspecified atom stereocenters. The molecule has 1 aliphatic carbocycles. The number of benzene rings is 2. The van der Waals surface area contributed by atoms with Crippen molar-refractivity contribution in [3.05, 3.63) is 54.1 Å². The van der Waals surface area contributed by atoms with E-state index in [1.165, 1.54) is 18.5 Å². The largest absolute Gasteiger partial charge is 0.508 e. The summed E-state index contributed by atoms with van der Waals surface area (Å²) in [5, 5.41) is 12.1. The molecular formula is C18H18N2O2. The molecule has 1 heterocycles. The van der Waals surface area contributed by atoms with Crippen LogP contribution in [0.1, 0.15) is 23.2 Å². The molecule has 22 heavy (non-hydrogen) atoms. The Morgan fingerprint density at radius 1 is 1.09 bits per heavy atom. The van der Waals surface area contributed by atoms with Gasteiger partial charge in [-0.25, -0.2) is 0 Å². The van der Waals surface area contributed by atoms with E-state index in [9.17, 15) is 9.90 Å². The van der Waals surface area contributed by atoms with Gasteiger partial charge in [0.05, 0.1) is 0 Å². The average Bonchev–Trinajstić information content (AvgIpc) is 3.20. The molecule has 4 heteroatoms. The Balaban J connectivity index is 1.45. The maximum atomic E-state index is 12.2. The summed E-state index contributed by atoms with van der Waals surface area (Å²) in [4.78, 5) is 14.7. The molecular weight excluding hydrogens is 276 g/mol. The van der Waals surface area contributed by atoms with Crippen LogP contribution in [-0.2, 0) is 0 Å². The summed E-state index contributed by atoms with van der Waals surface area (Å²) >= 11 is 0. The van der Waals surface area contributed by atoms with Crippen molar-refractivity contribution in [1.82, 2.24) is 0 Å². The van der Waals surface area contributed by atoms with Crippen molar-refractivity contribution >= 4 is 17.3 Å². The molecule has 4 nitrogen and oxygen atoms in total. The molecule has 0 radical (unpaired) electrons. The smallest absolute Gasteiger partial charge is 0.255 e. The van der Waals surface area contributed by atoms with Gasteiger partial charge in [-0.15, -0.1) is 0 Å². The van der Waals surface area contributed by atoms with Crippen LogP contribution in [0.15, 0.2) is 48.5 Å². The Kier molecular flexibility index (Phi) is 3.03. The lowest BCUT2D eigenvalue weighted by Crippen LogP contribution is -2.22. The molecule has 2 aliphatic rings. The number of piperidine rings is 1. The second-order valence-corrected chi connectivity index (χ2v) is 6.09. The normalized spacial score (nSPS) is 22.3. The lowest BCUT2D eigenvalue weighted by molar-refractivity contribution is 0.102. The van der Waals surface area contributed by atoms with Gasteiger partial charge in [-0.2, -0.15) is 0 Å². The van der Waals surface area contributed by atoms with E-state index in [2.05, 4.69) is 10.2 Å². The zero-order valence-electron chi connectivity index (χ0n) is 12.2. The number of carbonyl (C=O) groups excluding carboxylic acids is 1. The number of phenolic OH excluding ortho intramolecular Hbond substituents is 1. The van der Waals surface area contributed by atoms with Crippen LogP contribution in [0, 0.1) is 5.92 Å². The molecule has 2 N–H and O–H groups in total. The number of fused-ring (bicyclic) bond motifs is 1. The Hall–Kier alpha value is -2.49. The number of amides is 1. The topological polar surface area (TPSA) is 52.6 Å². The van der Waals surface area contributed by atoms with Crippen molar-refractivity contribution in [1.29, 1.82) is 0 Å². The van der Waals surface area contributed by atoms with Crippen LogP contribution in [0.25, 0.3) is 0 Å². The average molecular weight is 294 g/mol. The van der Waals surface area contributed by atoms with E-state index in [0.717, 1.165) is 18.5 Å². The molecule has 0 spiro atoms. The van der Waals surface area contributed by atoms with Crippen molar-refractivity contribution < 1.29 is 9.90 Å². The minimum absolute atomic E-state index is 0.136. The Bertz CT molecular complexity index is 694. The number of anilines is 2. The molecule has 112 valence electrons. The lowest BCUT2D eigenvalue weighted by Gasteiger charge is -2.20. The molecule has 1 aliphatic heterocycles. The summed E-state index contributed by atoms with van der Waals surface area (Å²) in [6.07, 6.45) is 2.62. The molecule has 1 saturated heterocycles. The number of rotatable bonds is 3. The van der Waals surface area contributed by atoms with Crippen molar-refractivity contribution in [3.8, 4) is 5.75 Å². The summed E-state index contributed by atoms with van der Waals surface area (Å²) in [5.41, 5.74) is 2.53. The fourth-order valence-corrected chi connectivity index (χ4v) is 3.27. The van der Waals surface area contributed by atoms with E-state index in [1.807, 2.05) is 24.3 Å². The van der Waals surface area contributed by atoms with Crippen molar-refractivity contribution in [3.63, 3.8) is 0 Å². The third-order valence-electron chi connectivity index (χ3n) is 4.61. The molecule has 4 rings (SSSR count). The highest BCUT2D eigenvalue weighted by Gasteiger charge is 2.46. The third kappa shape index (κ3) is 2.41. The monoisotopic (exact) mass is 294 g/mol.